The third kappa shape index (κ3) is 2.41. The second-order valence-corrected chi connectivity index (χ2v) is 5.63. The van der Waals surface area contributed by atoms with Gasteiger partial charge in [0.05, 0.1) is 16.2 Å². The standard InChI is InChI=1S/C11H14O4S/c1-3-8-5-6-9(11(12)13)7-10(8)16(14,15)4-2/h5-7H,3-4H2,1-2H3,(H,12,13). The number of benzene rings is 1. The number of carboxylic acids is 1. The Balaban J connectivity index is 3.45. The summed E-state index contributed by atoms with van der Waals surface area (Å²) in [5, 5.41) is 8.82. The van der Waals surface area contributed by atoms with Gasteiger partial charge in [-0.1, -0.05) is 19.9 Å². The average molecular weight is 242 g/mol. The SMILES string of the molecule is CCc1ccc(C(=O)O)cc1S(=O)(=O)CC. The lowest BCUT2D eigenvalue weighted by atomic mass is 10.1. The Morgan fingerprint density at radius 2 is 1.94 bits per heavy atom. The van der Waals surface area contributed by atoms with Crippen LogP contribution in [0.4, 0.5) is 0 Å². The summed E-state index contributed by atoms with van der Waals surface area (Å²) < 4.78 is 23.5. The molecule has 16 heavy (non-hydrogen) atoms. The predicted molar refractivity (Wildman–Crippen MR) is 60.5 cm³/mol. The maximum atomic E-state index is 11.8. The molecule has 0 aromatic heterocycles. The van der Waals surface area contributed by atoms with Crippen LogP contribution in [0.3, 0.4) is 0 Å². The van der Waals surface area contributed by atoms with E-state index in [2.05, 4.69) is 0 Å². The van der Waals surface area contributed by atoms with Crippen molar-refractivity contribution in [3.05, 3.63) is 29.3 Å². The first-order valence-corrected chi connectivity index (χ1v) is 6.66. The first-order chi connectivity index (χ1) is 7.42. The summed E-state index contributed by atoms with van der Waals surface area (Å²) in [5.74, 6) is -1.14. The number of hydrogen-bond donors (Lipinski definition) is 1. The van der Waals surface area contributed by atoms with E-state index in [1.54, 1.807) is 13.0 Å². The summed E-state index contributed by atoms with van der Waals surface area (Å²) in [5.41, 5.74) is 0.663. The van der Waals surface area contributed by atoms with Crippen LogP contribution in [0.15, 0.2) is 23.1 Å². The molecule has 0 aliphatic carbocycles. The Kier molecular flexibility index (Phi) is 3.70. The van der Waals surface area contributed by atoms with Crippen LogP contribution in [-0.2, 0) is 16.3 Å². The van der Waals surface area contributed by atoms with Crippen LogP contribution in [0.1, 0.15) is 29.8 Å². The fraction of sp³-hybridized carbons (Fsp3) is 0.364. The maximum Gasteiger partial charge on any atom is 0.335 e. The van der Waals surface area contributed by atoms with Gasteiger partial charge in [-0.05, 0) is 24.1 Å². The smallest absolute Gasteiger partial charge is 0.335 e. The van der Waals surface area contributed by atoms with Gasteiger partial charge in [0.25, 0.3) is 0 Å². The molecule has 0 atom stereocenters. The average Bonchev–Trinajstić information content (AvgIpc) is 2.28. The number of aromatic carboxylic acids is 1. The summed E-state index contributed by atoms with van der Waals surface area (Å²) >= 11 is 0. The molecule has 0 aliphatic heterocycles. The van der Waals surface area contributed by atoms with Gasteiger partial charge >= 0.3 is 5.97 Å². The van der Waals surface area contributed by atoms with Gasteiger partial charge in [0.1, 0.15) is 0 Å². The zero-order chi connectivity index (χ0) is 12.3. The van der Waals surface area contributed by atoms with Crippen molar-refractivity contribution < 1.29 is 18.3 Å². The fourth-order valence-corrected chi connectivity index (χ4v) is 2.65. The minimum atomic E-state index is -3.36. The summed E-state index contributed by atoms with van der Waals surface area (Å²) in [6.45, 7) is 3.38. The van der Waals surface area contributed by atoms with E-state index < -0.39 is 15.8 Å². The van der Waals surface area contributed by atoms with Gasteiger partial charge in [0, 0.05) is 0 Å². The van der Waals surface area contributed by atoms with E-state index in [0.29, 0.717) is 12.0 Å². The number of carboxylic acid groups (broad SMARTS) is 1. The minimum Gasteiger partial charge on any atom is -0.478 e. The summed E-state index contributed by atoms with van der Waals surface area (Å²) in [4.78, 5) is 10.9. The molecule has 0 fully saturated rings. The molecular formula is C11H14O4S. The van der Waals surface area contributed by atoms with E-state index in [0.717, 1.165) is 0 Å². The molecule has 0 bridgehead atoms. The van der Waals surface area contributed by atoms with Gasteiger partial charge in [-0.2, -0.15) is 0 Å². The molecule has 0 heterocycles. The zero-order valence-corrected chi connectivity index (χ0v) is 10.0. The Morgan fingerprint density at radius 3 is 2.38 bits per heavy atom. The molecule has 0 aliphatic rings. The van der Waals surface area contributed by atoms with Crippen LogP contribution in [-0.4, -0.2) is 25.2 Å². The molecule has 1 aromatic carbocycles. The zero-order valence-electron chi connectivity index (χ0n) is 9.23. The van der Waals surface area contributed by atoms with Crippen LogP contribution < -0.4 is 0 Å². The Bertz CT molecular complexity index is 503. The highest BCUT2D eigenvalue weighted by Crippen LogP contribution is 2.19. The molecule has 1 N–H and O–H groups in total. The lowest BCUT2D eigenvalue weighted by Gasteiger charge is -2.08. The van der Waals surface area contributed by atoms with Gasteiger partial charge < -0.3 is 5.11 Å². The van der Waals surface area contributed by atoms with Crippen molar-refractivity contribution in [2.75, 3.05) is 5.75 Å². The van der Waals surface area contributed by atoms with Gasteiger partial charge in [0.15, 0.2) is 9.84 Å². The van der Waals surface area contributed by atoms with Crippen LogP contribution in [0.25, 0.3) is 0 Å². The molecule has 0 spiro atoms. The van der Waals surface area contributed by atoms with Gasteiger partial charge in [-0.25, -0.2) is 13.2 Å². The van der Waals surface area contributed by atoms with Gasteiger partial charge in [-0.15, -0.1) is 0 Å². The largest absolute Gasteiger partial charge is 0.478 e. The van der Waals surface area contributed by atoms with E-state index >= 15 is 0 Å². The second kappa shape index (κ2) is 4.65. The fourth-order valence-electron chi connectivity index (χ4n) is 1.42. The van der Waals surface area contributed by atoms with Crippen molar-refractivity contribution in [3.8, 4) is 0 Å². The molecule has 1 rings (SSSR count). The third-order valence-electron chi connectivity index (χ3n) is 2.41. The molecule has 88 valence electrons. The molecule has 0 saturated heterocycles. The van der Waals surface area contributed by atoms with Gasteiger partial charge in [-0.3, -0.25) is 0 Å². The normalized spacial score (nSPS) is 11.4. The van der Waals surface area contributed by atoms with E-state index in [9.17, 15) is 13.2 Å². The van der Waals surface area contributed by atoms with E-state index in [-0.39, 0.29) is 16.2 Å². The Hall–Kier alpha value is -1.36. The van der Waals surface area contributed by atoms with Crippen molar-refractivity contribution in [1.29, 1.82) is 0 Å². The summed E-state index contributed by atoms with van der Waals surface area (Å²) in [6, 6.07) is 4.22. The monoisotopic (exact) mass is 242 g/mol. The Morgan fingerprint density at radius 1 is 1.31 bits per heavy atom. The highest BCUT2D eigenvalue weighted by atomic mass is 32.2. The summed E-state index contributed by atoms with van der Waals surface area (Å²) in [7, 11) is -3.36. The van der Waals surface area contributed by atoms with Crippen molar-refractivity contribution in [2.45, 2.75) is 25.2 Å². The van der Waals surface area contributed by atoms with Crippen LogP contribution in [0.5, 0.6) is 0 Å². The van der Waals surface area contributed by atoms with Crippen molar-refractivity contribution in [3.63, 3.8) is 0 Å². The highest BCUT2D eigenvalue weighted by molar-refractivity contribution is 7.91. The quantitative estimate of drug-likeness (QED) is 0.873. The summed E-state index contributed by atoms with van der Waals surface area (Å²) in [6.07, 6.45) is 0.564. The highest BCUT2D eigenvalue weighted by Gasteiger charge is 2.17. The molecule has 5 heteroatoms. The van der Waals surface area contributed by atoms with Crippen molar-refractivity contribution >= 4 is 15.8 Å². The second-order valence-electron chi connectivity index (χ2n) is 3.38. The first-order valence-electron chi connectivity index (χ1n) is 5.01. The molecule has 0 unspecified atom stereocenters. The third-order valence-corrected chi connectivity index (χ3v) is 4.22. The van der Waals surface area contributed by atoms with E-state index in [1.807, 2.05) is 6.92 Å². The van der Waals surface area contributed by atoms with Gasteiger partial charge in [0.2, 0.25) is 0 Å². The van der Waals surface area contributed by atoms with Crippen molar-refractivity contribution in [2.24, 2.45) is 0 Å². The molecule has 0 amide bonds. The number of aryl methyl sites for hydroxylation is 1. The number of hydrogen-bond acceptors (Lipinski definition) is 3. The minimum absolute atomic E-state index is 0.00391. The van der Waals surface area contributed by atoms with E-state index in [4.69, 9.17) is 5.11 Å². The van der Waals surface area contributed by atoms with Crippen LogP contribution in [0, 0.1) is 0 Å². The van der Waals surface area contributed by atoms with Crippen molar-refractivity contribution in [1.82, 2.24) is 0 Å². The lowest BCUT2D eigenvalue weighted by molar-refractivity contribution is 0.0696. The number of rotatable bonds is 4. The molecule has 0 radical (unpaired) electrons. The van der Waals surface area contributed by atoms with Crippen LogP contribution >= 0.6 is 0 Å². The topological polar surface area (TPSA) is 71.4 Å². The lowest BCUT2D eigenvalue weighted by Crippen LogP contribution is -2.09. The van der Waals surface area contributed by atoms with E-state index in [1.165, 1.54) is 12.1 Å². The molecule has 4 nitrogen and oxygen atoms in total. The molecular weight excluding hydrogens is 228 g/mol. The predicted octanol–water partition coefficient (Wildman–Crippen LogP) is 1.74. The molecule has 0 saturated carbocycles. The Labute approximate surface area is 94.8 Å². The number of sulfone groups is 1. The van der Waals surface area contributed by atoms with Crippen LogP contribution in [0.2, 0.25) is 0 Å². The molecule has 1 aromatic rings. The number of carbonyl (C=O) groups is 1. The first kappa shape index (κ1) is 12.7. The maximum absolute atomic E-state index is 11.8.